The highest BCUT2D eigenvalue weighted by molar-refractivity contribution is 6.30. The van der Waals surface area contributed by atoms with E-state index < -0.39 is 0 Å². The van der Waals surface area contributed by atoms with Gasteiger partial charge in [0.2, 0.25) is 0 Å². The summed E-state index contributed by atoms with van der Waals surface area (Å²) in [7, 11) is 2.14. The number of hydrogen-bond donors (Lipinski definition) is 0. The van der Waals surface area contributed by atoms with Gasteiger partial charge < -0.3 is 0 Å². The predicted octanol–water partition coefficient (Wildman–Crippen LogP) is 2.50. The van der Waals surface area contributed by atoms with Crippen molar-refractivity contribution in [2.24, 2.45) is 0 Å². The van der Waals surface area contributed by atoms with Gasteiger partial charge in [-0.15, -0.1) is 0 Å². The highest BCUT2D eigenvalue weighted by Gasteiger charge is 2.24. The molecule has 1 saturated heterocycles. The summed E-state index contributed by atoms with van der Waals surface area (Å²) < 4.78 is 0. The number of hydrogen-bond acceptors (Lipinski definition) is 2. The zero-order chi connectivity index (χ0) is 9.26. The smallest absolute Gasteiger partial charge is 0.133 e. The lowest BCUT2D eigenvalue weighted by Crippen LogP contribution is -2.17. The summed E-state index contributed by atoms with van der Waals surface area (Å²) in [6.45, 7) is 1.16. The quantitative estimate of drug-likeness (QED) is 0.642. The van der Waals surface area contributed by atoms with Crippen LogP contribution in [-0.4, -0.2) is 23.5 Å². The van der Waals surface area contributed by atoms with Crippen molar-refractivity contribution >= 4 is 11.6 Å². The Bertz CT molecular complexity index is 301. The van der Waals surface area contributed by atoms with Gasteiger partial charge >= 0.3 is 0 Å². The second-order valence-electron chi connectivity index (χ2n) is 3.52. The van der Waals surface area contributed by atoms with Gasteiger partial charge in [0.1, 0.15) is 5.15 Å². The molecule has 0 saturated carbocycles. The molecule has 0 N–H and O–H groups in total. The lowest BCUT2D eigenvalue weighted by molar-refractivity contribution is 0.317. The number of aromatic nitrogens is 1. The van der Waals surface area contributed by atoms with Gasteiger partial charge in [-0.05, 0) is 32.5 Å². The second-order valence-corrected chi connectivity index (χ2v) is 3.88. The maximum Gasteiger partial charge on any atom is 0.133 e. The first-order chi connectivity index (χ1) is 6.29. The molecule has 2 nitrogen and oxygen atoms in total. The van der Waals surface area contributed by atoms with Gasteiger partial charge in [0.25, 0.3) is 0 Å². The summed E-state index contributed by atoms with van der Waals surface area (Å²) >= 11 is 6.03. The van der Waals surface area contributed by atoms with Crippen LogP contribution >= 0.6 is 11.6 Å². The number of halogens is 1. The zero-order valence-electron chi connectivity index (χ0n) is 7.70. The zero-order valence-corrected chi connectivity index (χ0v) is 8.46. The molecule has 1 aromatic rings. The van der Waals surface area contributed by atoms with E-state index in [1.165, 1.54) is 18.4 Å². The van der Waals surface area contributed by atoms with Crippen molar-refractivity contribution in [2.45, 2.75) is 18.9 Å². The lowest BCUT2D eigenvalue weighted by Gasteiger charge is -2.19. The van der Waals surface area contributed by atoms with Crippen LogP contribution in [0.3, 0.4) is 0 Å². The Morgan fingerprint density at radius 3 is 3.08 bits per heavy atom. The van der Waals surface area contributed by atoms with Gasteiger partial charge in [0, 0.05) is 17.8 Å². The van der Waals surface area contributed by atoms with Crippen LogP contribution in [0.5, 0.6) is 0 Å². The van der Waals surface area contributed by atoms with Crippen molar-refractivity contribution in [3.8, 4) is 0 Å². The minimum absolute atomic E-state index is 0.473. The maximum atomic E-state index is 6.03. The van der Waals surface area contributed by atoms with E-state index in [2.05, 4.69) is 23.0 Å². The number of likely N-dealkylation sites (tertiary alicyclic amines) is 1. The summed E-state index contributed by atoms with van der Waals surface area (Å²) in [5.41, 5.74) is 1.17. The molecule has 0 bridgehead atoms. The molecule has 0 aliphatic carbocycles. The molecule has 2 rings (SSSR count). The summed E-state index contributed by atoms with van der Waals surface area (Å²) in [6, 6.07) is 4.50. The van der Waals surface area contributed by atoms with Gasteiger partial charge in [-0.2, -0.15) is 0 Å². The van der Waals surface area contributed by atoms with Gasteiger partial charge in [0.05, 0.1) is 0 Å². The Morgan fingerprint density at radius 1 is 1.62 bits per heavy atom. The van der Waals surface area contributed by atoms with Crippen LogP contribution in [-0.2, 0) is 0 Å². The molecule has 13 heavy (non-hydrogen) atoms. The van der Waals surface area contributed by atoms with E-state index >= 15 is 0 Å². The van der Waals surface area contributed by atoms with E-state index in [0.717, 1.165) is 6.54 Å². The Kier molecular flexibility index (Phi) is 2.51. The molecule has 0 radical (unpaired) electrons. The van der Waals surface area contributed by atoms with Crippen LogP contribution in [0.15, 0.2) is 18.3 Å². The molecular formula is C10H13ClN2. The Hall–Kier alpha value is -0.600. The first kappa shape index (κ1) is 8.97. The third-order valence-corrected chi connectivity index (χ3v) is 2.98. The monoisotopic (exact) mass is 196 g/mol. The molecule has 3 heteroatoms. The van der Waals surface area contributed by atoms with Crippen molar-refractivity contribution in [3.05, 3.63) is 29.0 Å². The molecule has 2 heterocycles. The molecule has 1 aromatic heterocycles. The number of rotatable bonds is 1. The Morgan fingerprint density at radius 2 is 2.46 bits per heavy atom. The minimum Gasteiger partial charge on any atom is -0.299 e. The van der Waals surface area contributed by atoms with E-state index in [-0.39, 0.29) is 0 Å². The van der Waals surface area contributed by atoms with Crippen molar-refractivity contribution in [1.82, 2.24) is 9.88 Å². The number of pyridine rings is 1. The van der Waals surface area contributed by atoms with E-state index in [4.69, 9.17) is 11.6 Å². The molecule has 0 amide bonds. The van der Waals surface area contributed by atoms with Crippen molar-refractivity contribution in [2.75, 3.05) is 13.6 Å². The van der Waals surface area contributed by atoms with Crippen LogP contribution in [0.4, 0.5) is 0 Å². The predicted molar refractivity (Wildman–Crippen MR) is 53.9 cm³/mol. The van der Waals surface area contributed by atoms with Crippen molar-refractivity contribution < 1.29 is 0 Å². The molecule has 1 unspecified atom stereocenters. The van der Waals surface area contributed by atoms with Crippen LogP contribution < -0.4 is 0 Å². The molecule has 1 fully saturated rings. The lowest BCUT2D eigenvalue weighted by atomic mass is 10.1. The van der Waals surface area contributed by atoms with E-state index in [9.17, 15) is 0 Å². The first-order valence-corrected chi connectivity index (χ1v) is 4.97. The summed E-state index contributed by atoms with van der Waals surface area (Å²) in [6.07, 6.45) is 4.19. The fourth-order valence-corrected chi connectivity index (χ4v) is 2.20. The molecular weight excluding hydrogens is 184 g/mol. The average molecular weight is 197 g/mol. The standard InChI is InChI=1S/C10H13ClN2/c1-13-7-3-5-9(13)8-4-2-6-12-10(8)11/h2,4,6,9H,3,5,7H2,1H3. The van der Waals surface area contributed by atoms with Gasteiger partial charge in [-0.25, -0.2) is 4.98 Å². The fraction of sp³-hybridized carbons (Fsp3) is 0.500. The minimum atomic E-state index is 0.473. The molecule has 0 aromatic carbocycles. The Balaban J connectivity index is 2.29. The largest absolute Gasteiger partial charge is 0.299 e. The van der Waals surface area contributed by atoms with Crippen LogP contribution in [0.1, 0.15) is 24.4 Å². The Labute approximate surface area is 83.5 Å². The van der Waals surface area contributed by atoms with E-state index in [1.807, 2.05) is 6.07 Å². The first-order valence-electron chi connectivity index (χ1n) is 4.59. The molecule has 0 spiro atoms. The molecule has 1 aliphatic heterocycles. The third kappa shape index (κ3) is 1.69. The average Bonchev–Trinajstić information content (AvgIpc) is 2.52. The molecule has 1 aliphatic rings. The van der Waals surface area contributed by atoms with Gasteiger partial charge in [-0.1, -0.05) is 17.7 Å². The highest BCUT2D eigenvalue weighted by atomic mass is 35.5. The van der Waals surface area contributed by atoms with Gasteiger partial charge in [-0.3, -0.25) is 4.90 Å². The van der Waals surface area contributed by atoms with Crippen LogP contribution in [0.2, 0.25) is 5.15 Å². The topological polar surface area (TPSA) is 16.1 Å². The fourth-order valence-electron chi connectivity index (χ4n) is 1.95. The summed E-state index contributed by atoms with van der Waals surface area (Å²) in [4.78, 5) is 6.43. The molecule has 1 atom stereocenters. The van der Waals surface area contributed by atoms with Crippen LogP contribution in [0.25, 0.3) is 0 Å². The third-order valence-electron chi connectivity index (χ3n) is 2.67. The maximum absolute atomic E-state index is 6.03. The molecule has 70 valence electrons. The normalized spacial score (nSPS) is 23.7. The SMILES string of the molecule is CN1CCCC1c1cccnc1Cl. The van der Waals surface area contributed by atoms with Crippen molar-refractivity contribution in [3.63, 3.8) is 0 Å². The summed E-state index contributed by atoms with van der Waals surface area (Å²) in [5, 5.41) is 0.654. The van der Waals surface area contributed by atoms with Crippen molar-refractivity contribution in [1.29, 1.82) is 0 Å². The van der Waals surface area contributed by atoms with Gasteiger partial charge in [0.15, 0.2) is 0 Å². The van der Waals surface area contributed by atoms with E-state index in [0.29, 0.717) is 11.2 Å². The summed E-state index contributed by atoms with van der Waals surface area (Å²) in [5.74, 6) is 0. The van der Waals surface area contributed by atoms with E-state index in [1.54, 1.807) is 6.20 Å². The highest BCUT2D eigenvalue weighted by Crippen LogP contribution is 2.33. The second kappa shape index (κ2) is 3.64. The number of nitrogens with zero attached hydrogens (tertiary/aromatic N) is 2. The van der Waals surface area contributed by atoms with Crippen LogP contribution in [0, 0.1) is 0 Å².